The van der Waals surface area contributed by atoms with Gasteiger partial charge in [-0.3, -0.25) is 0 Å². The SMILES string of the molecule is COc1ccc(-c2nc3ccc(-n4cccc4)cc3o2)cc1. The zero-order valence-electron chi connectivity index (χ0n) is 12.1. The van der Waals surface area contributed by atoms with E-state index < -0.39 is 0 Å². The molecular weight excluding hydrogens is 276 g/mol. The van der Waals surface area contributed by atoms with Crippen LogP contribution >= 0.6 is 0 Å². The highest BCUT2D eigenvalue weighted by Gasteiger charge is 2.09. The van der Waals surface area contributed by atoms with E-state index in [1.54, 1.807) is 7.11 Å². The van der Waals surface area contributed by atoms with Crippen LogP contribution in [-0.4, -0.2) is 16.7 Å². The Balaban J connectivity index is 1.76. The van der Waals surface area contributed by atoms with E-state index >= 15 is 0 Å². The number of aromatic nitrogens is 2. The van der Waals surface area contributed by atoms with Crippen LogP contribution in [0.15, 0.2) is 71.4 Å². The fourth-order valence-electron chi connectivity index (χ4n) is 2.44. The molecule has 0 unspecified atom stereocenters. The Labute approximate surface area is 127 Å². The lowest BCUT2D eigenvalue weighted by molar-refractivity contribution is 0.415. The number of oxazole rings is 1. The smallest absolute Gasteiger partial charge is 0.227 e. The minimum Gasteiger partial charge on any atom is -0.497 e. The van der Waals surface area contributed by atoms with E-state index in [0.717, 1.165) is 28.1 Å². The van der Waals surface area contributed by atoms with Crippen LogP contribution in [0.4, 0.5) is 0 Å². The van der Waals surface area contributed by atoms with E-state index in [4.69, 9.17) is 9.15 Å². The van der Waals surface area contributed by atoms with Gasteiger partial charge in [-0.05, 0) is 48.5 Å². The molecule has 4 nitrogen and oxygen atoms in total. The van der Waals surface area contributed by atoms with Crippen molar-refractivity contribution < 1.29 is 9.15 Å². The highest BCUT2D eigenvalue weighted by atomic mass is 16.5. The third kappa shape index (κ3) is 2.15. The number of nitrogens with zero attached hydrogens (tertiary/aromatic N) is 2. The molecule has 0 saturated heterocycles. The Hall–Kier alpha value is -3.01. The number of benzene rings is 2. The summed E-state index contributed by atoms with van der Waals surface area (Å²) in [7, 11) is 1.65. The van der Waals surface area contributed by atoms with Crippen molar-refractivity contribution in [3.63, 3.8) is 0 Å². The molecule has 0 aliphatic carbocycles. The Morgan fingerprint density at radius 3 is 2.50 bits per heavy atom. The second-order valence-corrected chi connectivity index (χ2v) is 4.99. The average Bonchev–Trinajstić information content (AvgIpc) is 3.23. The zero-order chi connectivity index (χ0) is 14.9. The number of hydrogen-bond donors (Lipinski definition) is 0. The molecule has 0 fully saturated rings. The number of methoxy groups -OCH3 is 1. The number of hydrogen-bond acceptors (Lipinski definition) is 3. The summed E-state index contributed by atoms with van der Waals surface area (Å²) in [6.07, 6.45) is 4.00. The molecule has 2 aromatic heterocycles. The standard InChI is InChI=1S/C18H14N2O2/c1-21-15-7-4-13(5-8-15)18-19-16-9-6-14(12-17(16)22-18)20-10-2-3-11-20/h2-12H,1H3. The second-order valence-electron chi connectivity index (χ2n) is 4.99. The molecule has 4 rings (SSSR count). The van der Waals surface area contributed by atoms with Gasteiger partial charge in [0, 0.05) is 29.7 Å². The largest absolute Gasteiger partial charge is 0.497 e. The first-order chi connectivity index (χ1) is 10.8. The summed E-state index contributed by atoms with van der Waals surface area (Å²) in [5, 5.41) is 0. The van der Waals surface area contributed by atoms with Crippen molar-refractivity contribution in [3.8, 4) is 22.9 Å². The lowest BCUT2D eigenvalue weighted by atomic mass is 10.2. The molecule has 4 heteroatoms. The van der Waals surface area contributed by atoms with Crippen molar-refractivity contribution in [2.75, 3.05) is 7.11 Å². The lowest BCUT2D eigenvalue weighted by Crippen LogP contribution is -1.87. The summed E-state index contributed by atoms with van der Waals surface area (Å²) in [5.74, 6) is 1.43. The molecule has 2 heterocycles. The minimum absolute atomic E-state index is 0.613. The molecule has 0 spiro atoms. The average molecular weight is 290 g/mol. The Kier molecular flexibility index (Phi) is 2.93. The van der Waals surface area contributed by atoms with Crippen LogP contribution < -0.4 is 4.74 Å². The molecule has 2 aromatic carbocycles. The van der Waals surface area contributed by atoms with Gasteiger partial charge in [-0.25, -0.2) is 4.98 Å². The van der Waals surface area contributed by atoms with E-state index in [-0.39, 0.29) is 0 Å². The Morgan fingerprint density at radius 2 is 1.77 bits per heavy atom. The molecule has 0 atom stereocenters. The second kappa shape index (κ2) is 5.07. The first kappa shape index (κ1) is 12.7. The van der Waals surface area contributed by atoms with Gasteiger partial charge in [0.15, 0.2) is 5.58 Å². The van der Waals surface area contributed by atoms with Crippen molar-refractivity contribution in [2.24, 2.45) is 0 Å². The molecular formula is C18H14N2O2. The van der Waals surface area contributed by atoms with Gasteiger partial charge in [-0.15, -0.1) is 0 Å². The van der Waals surface area contributed by atoms with Crippen LogP contribution in [0.3, 0.4) is 0 Å². The molecule has 0 bridgehead atoms. The van der Waals surface area contributed by atoms with Crippen molar-refractivity contribution in [2.45, 2.75) is 0 Å². The van der Waals surface area contributed by atoms with Gasteiger partial charge < -0.3 is 13.7 Å². The predicted molar refractivity (Wildman–Crippen MR) is 85.3 cm³/mol. The molecule has 0 amide bonds. The summed E-state index contributed by atoms with van der Waals surface area (Å²) in [6.45, 7) is 0. The van der Waals surface area contributed by atoms with Gasteiger partial charge in [-0.2, -0.15) is 0 Å². The molecule has 0 radical (unpaired) electrons. The predicted octanol–water partition coefficient (Wildman–Crippen LogP) is 4.29. The third-order valence-corrected chi connectivity index (χ3v) is 3.61. The monoisotopic (exact) mass is 290 g/mol. The van der Waals surface area contributed by atoms with Crippen LogP contribution in [0.1, 0.15) is 0 Å². The summed E-state index contributed by atoms with van der Waals surface area (Å²) >= 11 is 0. The van der Waals surface area contributed by atoms with Crippen molar-refractivity contribution in [1.82, 2.24) is 9.55 Å². The lowest BCUT2D eigenvalue weighted by Gasteiger charge is -2.00. The highest BCUT2D eigenvalue weighted by Crippen LogP contribution is 2.27. The molecule has 0 aliphatic rings. The summed E-state index contributed by atoms with van der Waals surface area (Å²) < 4.78 is 13.1. The topological polar surface area (TPSA) is 40.2 Å². The maximum atomic E-state index is 5.90. The molecule has 4 aromatic rings. The van der Waals surface area contributed by atoms with Gasteiger partial charge >= 0.3 is 0 Å². The van der Waals surface area contributed by atoms with Gasteiger partial charge in [0.25, 0.3) is 0 Å². The van der Waals surface area contributed by atoms with E-state index in [1.165, 1.54) is 0 Å². The van der Waals surface area contributed by atoms with Gasteiger partial charge in [-0.1, -0.05) is 0 Å². The molecule has 0 aliphatic heterocycles. The van der Waals surface area contributed by atoms with E-state index in [1.807, 2.05) is 71.6 Å². The summed E-state index contributed by atoms with van der Waals surface area (Å²) in [5.41, 5.74) is 3.60. The Morgan fingerprint density at radius 1 is 1.00 bits per heavy atom. The van der Waals surface area contributed by atoms with Crippen LogP contribution in [0, 0.1) is 0 Å². The minimum atomic E-state index is 0.613. The van der Waals surface area contributed by atoms with Crippen LogP contribution in [0.25, 0.3) is 28.2 Å². The van der Waals surface area contributed by atoms with Crippen molar-refractivity contribution in [1.29, 1.82) is 0 Å². The maximum absolute atomic E-state index is 5.90. The quantitative estimate of drug-likeness (QED) is 0.565. The van der Waals surface area contributed by atoms with E-state index in [0.29, 0.717) is 5.89 Å². The first-order valence-electron chi connectivity index (χ1n) is 7.02. The van der Waals surface area contributed by atoms with Crippen LogP contribution in [-0.2, 0) is 0 Å². The Bertz CT molecular complexity index is 906. The molecule has 22 heavy (non-hydrogen) atoms. The van der Waals surface area contributed by atoms with Gasteiger partial charge in [0.1, 0.15) is 11.3 Å². The van der Waals surface area contributed by atoms with Crippen LogP contribution in [0.5, 0.6) is 5.75 Å². The highest BCUT2D eigenvalue weighted by molar-refractivity contribution is 5.78. The normalized spacial score (nSPS) is 11.0. The van der Waals surface area contributed by atoms with Crippen molar-refractivity contribution in [3.05, 3.63) is 67.0 Å². The fraction of sp³-hybridized carbons (Fsp3) is 0.0556. The van der Waals surface area contributed by atoms with Gasteiger partial charge in [0.05, 0.1) is 7.11 Å². The number of ether oxygens (including phenoxy) is 1. The molecule has 108 valence electrons. The number of fused-ring (bicyclic) bond motifs is 1. The zero-order valence-corrected chi connectivity index (χ0v) is 12.1. The third-order valence-electron chi connectivity index (χ3n) is 3.61. The van der Waals surface area contributed by atoms with E-state index in [2.05, 4.69) is 4.98 Å². The fourth-order valence-corrected chi connectivity index (χ4v) is 2.44. The van der Waals surface area contributed by atoms with E-state index in [9.17, 15) is 0 Å². The summed E-state index contributed by atoms with van der Waals surface area (Å²) in [4.78, 5) is 4.54. The molecule has 0 saturated carbocycles. The van der Waals surface area contributed by atoms with Gasteiger partial charge in [0.2, 0.25) is 5.89 Å². The molecule has 0 N–H and O–H groups in total. The van der Waals surface area contributed by atoms with Crippen LogP contribution in [0.2, 0.25) is 0 Å². The first-order valence-corrected chi connectivity index (χ1v) is 7.02. The maximum Gasteiger partial charge on any atom is 0.227 e. The van der Waals surface area contributed by atoms with Crippen molar-refractivity contribution >= 4 is 11.1 Å². The number of rotatable bonds is 3. The summed E-state index contributed by atoms with van der Waals surface area (Å²) in [6, 6.07) is 17.7.